The first-order valence-corrected chi connectivity index (χ1v) is 6.19. The highest BCUT2D eigenvalue weighted by Gasteiger charge is 2.18. The number of hydrogen-bond donors (Lipinski definition) is 0. The van der Waals surface area contributed by atoms with E-state index in [1.54, 1.807) is 5.57 Å². The van der Waals surface area contributed by atoms with Gasteiger partial charge in [0, 0.05) is 0 Å². The third-order valence-electron chi connectivity index (χ3n) is 3.61. The molecular weight excluding hydrogens is 168 g/mol. The van der Waals surface area contributed by atoms with Crippen LogP contribution in [-0.2, 0) is 0 Å². The van der Waals surface area contributed by atoms with Crippen LogP contribution in [0.25, 0.3) is 0 Å². The minimum absolute atomic E-state index is 0.756. The lowest BCUT2D eigenvalue weighted by Gasteiger charge is -2.26. The zero-order valence-corrected chi connectivity index (χ0v) is 10.9. The molecular formula is C14H28. The molecule has 0 N–H and O–H groups in total. The highest BCUT2D eigenvalue weighted by Crippen LogP contribution is 2.29. The van der Waals surface area contributed by atoms with Crippen LogP contribution in [0.5, 0.6) is 0 Å². The Hall–Kier alpha value is -0.260. The predicted molar refractivity (Wildman–Crippen MR) is 66.4 cm³/mol. The Balaban J connectivity index is 4.24. The largest absolute Gasteiger partial charge is 0.0882 e. The molecule has 0 bridgehead atoms. The van der Waals surface area contributed by atoms with Crippen molar-refractivity contribution >= 4 is 0 Å². The second-order valence-electron chi connectivity index (χ2n) is 4.86. The molecule has 0 heterocycles. The molecule has 0 fully saturated rings. The molecule has 0 aromatic heterocycles. The third kappa shape index (κ3) is 4.30. The first-order valence-electron chi connectivity index (χ1n) is 6.19. The van der Waals surface area contributed by atoms with Crippen molar-refractivity contribution in [3.8, 4) is 0 Å². The van der Waals surface area contributed by atoms with E-state index in [0.717, 1.165) is 17.8 Å². The molecule has 0 amide bonds. The minimum Gasteiger partial charge on any atom is -0.0882 e. The van der Waals surface area contributed by atoms with Crippen LogP contribution in [0.1, 0.15) is 60.8 Å². The third-order valence-corrected chi connectivity index (χ3v) is 3.61. The van der Waals surface area contributed by atoms with Gasteiger partial charge >= 0.3 is 0 Å². The molecule has 0 saturated carbocycles. The van der Waals surface area contributed by atoms with Crippen molar-refractivity contribution in [3.05, 3.63) is 11.6 Å². The lowest BCUT2D eigenvalue weighted by atomic mass is 9.80. The monoisotopic (exact) mass is 196 g/mol. The van der Waals surface area contributed by atoms with E-state index in [9.17, 15) is 0 Å². The SMILES string of the molecule is CC=C(CCCC)C(C)C(C)C(C)C. The summed E-state index contributed by atoms with van der Waals surface area (Å²) in [6.07, 6.45) is 6.28. The van der Waals surface area contributed by atoms with E-state index in [2.05, 4.69) is 47.6 Å². The zero-order valence-electron chi connectivity index (χ0n) is 10.9. The Morgan fingerprint density at radius 2 is 1.71 bits per heavy atom. The summed E-state index contributed by atoms with van der Waals surface area (Å²) >= 11 is 0. The quantitative estimate of drug-likeness (QED) is 0.521. The minimum atomic E-state index is 0.756. The van der Waals surface area contributed by atoms with E-state index in [0.29, 0.717) is 0 Å². The molecule has 0 aliphatic heterocycles. The fraction of sp³-hybridized carbons (Fsp3) is 0.857. The van der Waals surface area contributed by atoms with Gasteiger partial charge in [-0.15, -0.1) is 0 Å². The smallest absolute Gasteiger partial charge is 0.0204 e. The van der Waals surface area contributed by atoms with Gasteiger partial charge in [0.25, 0.3) is 0 Å². The van der Waals surface area contributed by atoms with Crippen molar-refractivity contribution in [2.45, 2.75) is 60.8 Å². The van der Waals surface area contributed by atoms with Crippen molar-refractivity contribution in [2.24, 2.45) is 17.8 Å². The van der Waals surface area contributed by atoms with Crippen LogP contribution in [0.15, 0.2) is 11.6 Å². The van der Waals surface area contributed by atoms with E-state index >= 15 is 0 Å². The molecule has 2 unspecified atom stereocenters. The van der Waals surface area contributed by atoms with Crippen LogP contribution in [0.2, 0.25) is 0 Å². The number of rotatable bonds is 6. The van der Waals surface area contributed by atoms with Crippen LogP contribution in [-0.4, -0.2) is 0 Å². The number of unbranched alkanes of at least 4 members (excludes halogenated alkanes) is 1. The van der Waals surface area contributed by atoms with Gasteiger partial charge in [-0.2, -0.15) is 0 Å². The molecule has 0 nitrogen and oxygen atoms in total. The van der Waals surface area contributed by atoms with Gasteiger partial charge in [-0.25, -0.2) is 0 Å². The van der Waals surface area contributed by atoms with Gasteiger partial charge in [-0.3, -0.25) is 0 Å². The van der Waals surface area contributed by atoms with Gasteiger partial charge in [-0.1, -0.05) is 52.7 Å². The van der Waals surface area contributed by atoms with E-state index in [-0.39, 0.29) is 0 Å². The highest BCUT2D eigenvalue weighted by molar-refractivity contribution is 5.05. The van der Waals surface area contributed by atoms with Crippen LogP contribution >= 0.6 is 0 Å². The lowest BCUT2D eigenvalue weighted by Crippen LogP contribution is -2.16. The van der Waals surface area contributed by atoms with Crippen LogP contribution < -0.4 is 0 Å². The molecule has 0 spiro atoms. The Bertz CT molecular complexity index is 165. The summed E-state index contributed by atoms with van der Waals surface area (Å²) in [7, 11) is 0. The predicted octanol–water partition coefficient (Wildman–Crippen LogP) is 5.05. The van der Waals surface area contributed by atoms with Crippen LogP contribution in [0.4, 0.5) is 0 Å². The Morgan fingerprint density at radius 3 is 2.07 bits per heavy atom. The summed E-state index contributed by atoms with van der Waals surface area (Å²) in [4.78, 5) is 0. The molecule has 0 saturated heterocycles. The average molecular weight is 196 g/mol. The molecule has 84 valence electrons. The molecule has 14 heavy (non-hydrogen) atoms. The van der Waals surface area contributed by atoms with Gasteiger partial charge in [0.1, 0.15) is 0 Å². The van der Waals surface area contributed by atoms with Crippen LogP contribution in [0, 0.1) is 17.8 Å². The first-order chi connectivity index (χ1) is 6.54. The molecule has 2 atom stereocenters. The van der Waals surface area contributed by atoms with Gasteiger partial charge in [-0.05, 0) is 37.5 Å². The maximum absolute atomic E-state index is 2.38. The molecule has 0 aromatic rings. The zero-order chi connectivity index (χ0) is 11.1. The maximum Gasteiger partial charge on any atom is -0.0204 e. The van der Waals surface area contributed by atoms with Crippen molar-refractivity contribution in [2.75, 3.05) is 0 Å². The first kappa shape index (κ1) is 13.7. The second-order valence-corrected chi connectivity index (χ2v) is 4.86. The van der Waals surface area contributed by atoms with E-state index in [1.165, 1.54) is 19.3 Å². The van der Waals surface area contributed by atoms with Crippen molar-refractivity contribution < 1.29 is 0 Å². The average Bonchev–Trinajstić information content (AvgIpc) is 2.17. The van der Waals surface area contributed by atoms with Crippen molar-refractivity contribution in [3.63, 3.8) is 0 Å². The Kier molecular flexibility index (Phi) is 6.96. The summed E-state index contributed by atoms with van der Waals surface area (Å²) in [5, 5.41) is 0. The standard InChI is InChI=1S/C14H28/c1-7-9-10-14(8-2)13(6)12(5)11(3)4/h8,11-13H,7,9-10H2,1-6H3. The normalized spacial score (nSPS) is 17.2. The molecule has 0 heteroatoms. The van der Waals surface area contributed by atoms with E-state index in [4.69, 9.17) is 0 Å². The molecule has 0 rings (SSSR count). The fourth-order valence-corrected chi connectivity index (χ4v) is 1.93. The second kappa shape index (κ2) is 7.09. The van der Waals surface area contributed by atoms with Gasteiger partial charge in [0.05, 0.1) is 0 Å². The molecule has 0 radical (unpaired) electrons. The van der Waals surface area contributed by atoms with E-state index in [1.807, 2.05) is 0 Å². The Labute approximate surface area is 90.8 Å². The molecule has 0 aliphatic carbocycles. The topological polar surface area (TPSA) is 0 Å². The summed E-state index contributed by atoms with van der Waals surface area (Å²) in [6.45, 7) is 13.9. The summed E-state index contributed by atoms with van der Waals surface area (Å²) in [6, 6.07) is 0. The maximum atomic E-state index is 2.38. The van der Waals surface area contributed by atoms with E-state index < -0.39 is 0 Å². The van der Waals surface area contributed by atoms with Gasteiger partial charge < -0.3 is 0 Å². The van der Waals surface area contributed by atoms with Crippen LogP contribution in [0.3, 0.4) is 0 Å². The summed E-state index contributed by atoms with van der Waals surface area (Å²) in [5.41, 5.74) is 1.66. The van der Waals surface area contributed by atoms with Gasteiger partial charge in [0.2, 0.25) is 0 Å². The summed E-state index contributed by atoms with van der Waals surface area (Å²) in [5.74, 6) is 2.35. The van der Waals surface area contributed by atoms with Gasteiger partial charge in [0.15, 0.2) is 0 Å². The highest BCUT2D eigenvalue weighted by atomic mass is 14.2. The summed E-state index contributed by atoms with van der Waals surface area (Å²) < 4.78 is 0. The number of allylic oxidation sites excluding steroid dienone is 2. The Morgan fingerprint density at radius 1 is 1.14 bits per heavy atom. The fourth-order valence-electron chi connectivity index (χ4n) is 1.93. The van der Waals surface area contributed by atoms with Crippen molar-refractivity contribution in [1.82, 2.24) is 0 Å². The molecule has 0 aliphatic rings. The van der Waals surface area contributed by atoms with Crippen molar-refractivity contribution in [1.29, 1.82) is 0 Å². The molecule has 0 aromatic carbocycles. The lowest BCUT2D eigenvalue weighted by molar-refractivity contribution is 0.324. The number of hydrogen-bond acceptors (Lipinski definition) is 0.